The van der Waals surface area contributed by atoms with Crippen LogP contribution in [-0.2, 0) is 0 Å². The van der Waals surface area contributed by atoms with Crippen LogP contribution in [0, 0.1) is 22.7 Å². The molecule has 3 heterocycles. The first-order valence-corrected chi connectivity index (χ1v) is 18.3. The van der Waals surface area contributed by atoms with Crippen molar-refractivity contribution in [2.75, 3.05) is 0 Å². The minimum atomic E-state index is 0.558. The van der Waals surface area contributed by atoms with E-state index < -0.39 is 0 Å². The number of nitrogens with zero attached hydrogens (tertiary/aromatic N) is 5. The van der Waals surface area contributed by atoms with Gasteiger partial charge in [0.15, 0.2) is 0 Å². The first kappa shape index (κ1) is 30.7. The molecule has 5 nitrogen and oxygen atoms in total. The van der Waals surface area contributed by atoms with E-state index in [1.807, 2.05) is 42.5 Å². The molecule has 0 unspecified atom stereocenters. The molecule has 0 saturated heterocycles. The van der Waals surface area contributed by atoms with Gasteiger partial charge in [0.05, 0.1) is 56.0 Å². The summed E-state index contributed by atoms with van der Waals surface area (Å²) in [6.45, 7) is 0. The standard InChI is InChI=1S/C50H29N5/c51-30-32-20-23-42-40-14-3-8-19-48(40)55(50(42)26-32)44-24-21-34(27-35(44)31-52)33-10-9-11-36(28-33)53-47-18-7-4-15-41(47)43-29-37(22-25-49(43)53)54-45-16-5-1-12-38(45)39-13-2-6-17-46(39)54/h1-29H. The molecular weight excluding hydrogens is 671 g/mol. The van der Waals surface area contributed by atoms with Crippen LogP contribution in [-0.4, -0.2) is 13.7 Å². The highest BCUT2D eigenvalue weighted by atomic mass is 15.0. The zero-order valence-electron chi connectivity index (χ0n) is 29.5. The molecule has 0 amide bonds. The number of fused-ring (bicyclic) bond motifs is 9. The molecule has 0 radical (unpaired) electrons. The zero-order chi connectivity index (χ0) is 36.6. The third kappa shape index (κ3) is 4.51. The molecule has 0 aliphatic carbocycles. The molecule has 55 heavy (non-hydrogen) atoms. The van der Waals surface area contributed by atoms with Gasteiger partial charge in [-0.15, -0.1) is 0 Å². The molecule has 254 valence electrons. The summed E-state index contributed by atoms with van der Waals surface area (Å²) >= 11 is 0. The molecule has 0 fully saturated rings. The van der Waals surface area contributed by atoms with Crippen molar-refractivity contribution in [1.29, 1.82) is 10.5 Å². The van der Waals surface area contributed by atoms with Crippen LogP contribution in [0.5, 0.6) is 0 Å². The van der Waals surface area contributed by atoms with Gasteiger partial charge in [-0.05, 0) is 90.0 Å². The lowest BCUT2D eigenvalue weighted by Gasteiger charge is -2.14. The number of nitriles is 2. The first-order valence-electron chi connectivity index (χ1n) is 18.3. The van der Waals surface area contributed by atoms with Gasteiger partial charge >= 0.3 is 0 Å². The maximum absolute atomic E-state index is 10.6. The number of benzene rings is 8. The zero-order valence-corrected chi connectivity index (χ0v) is 29.5. The van der Waals surface area contributed by atoms with Gasteiger partial charge in [0.1, 0.15) is 6.07 Å². The van der Waals surface area contributed by atoms with E-state index in [-0.39, 0.29) is 0 Å². The Labute approximate surface area is 316 Å². The highest BCUT2D eigenvalue weighted by molar-refractivity contribution is 6.13. The summed E-state index contributed by atoms with van der Waals surface area (Å²) in [7, 11) is 0. The SMILES string of the molecule is N#Cc1ccc2c3ccccc3n(-c3ccc(-c4cccc(-n5c6ccccc6c6cc(-n7c8ccccc8c8ccccc87)ccc65)c4)cc3C#N)c2c1. The van der Waals surface area contributed by atoms with Crippen molar-refractivity contribution in [3.63, 3.8) is 0 Å². The van der Waals surface area contributed by atoms with Crippen molar-refractivity contribution in [3.8, 4) is 40.3 Å². The predicted molar refractivity (Wildman–Crippen MR) is 224 cm³/mol. The van der Waals surface area contributed by atoms with Crippen molar-refractivity contribution in [2.24, 2.45) is 0 Å². The number of hydrogen-bond acceptors (Lipinski definition) is 2. The Bertz CT molecular complexity index is 3420. The van der Waals surface area contributed by atoms with Crippen LogP contribution in [0.3, 0.4) is 0 Å². The second kappa shape index (κ2) is 11.8. The molecule has 0 N–H and O–H groups in total. The monoisotopic (exact) mass is 699 g/mol. The number of aromatic nitrogens is 3. The first-order chi connectivity index (χ1) is 27.2. The van der Waals surface area contributed by atoms with Crippen molar-refractivity contribution in [2.45, 2.75) is 0 Å². The summed E-state index contributed by atoms with van der Waals surface area (Å²) in [5.74, 6) is 0. The maximum Gasteiger partial charge on any atom is 0.101 e. The predicted octanol–water partition coefficient (Wildman–Crippen LogP) is 12.4. The highest BCUT2D eigenvalue weighted by Crippen LogP contribution is 2.39. The van der Waals surface area contributed by atoms with Crippen molar-refractivity contribution in [1.82, 2.24) is 13.7 Å². The van der Waals surface area contributed by atoms with Gasteiger partial charge in [0.25, 0.3) is 0 Å². The molecule has 5 heteroatoms. The Morgan fingerprint density at radius 2 is 0.855 bits per heavy atom. The molecule has 0 spiro atoms. The van der Waals surface area contributed by atoms with Crippen LogP contribution in [0.4, 0.5) is 0 Å². The van der Waals surface area contributed by atoms with Crippen LogP contribution in [0.1, 0.15) is 11.1 Å². The molecule has 3 aromatic heterocycles. The summed E-state index contributed by atoms with van der Waals surface area (Å²) in [6, 6.07) is 66.0. The number of para-hydroxylation sites is 4. The third-order valence-corrected chi connectivity index (χ3v) is 11.1. The lowest BCUT2D eigenvalue weighted by molar-refractivity contribution is 1.16. The van der Waals surface area contributed by atoms with Gasteiger partial charge in [-0.2, -0.15) is 10.5 Å². The summed E-state index contributed by atoms with van der Waals surface area (Å²) in [6.07, 6.45) is 0. The van der Waals surface area contributed by atoms with E-state index in [9.17, 15) is 10.5 Å². The Hall–Kier alpha value is -7.86. The van der Waals surface area contributed by atoms with Gasteiger partial charge < -0.3 is 13.7 Å². The Balaban J connectivity index is 1.06. The van der Waals surface area contributed by atoms with Gasteiger partial charge in [-0.3, -0.25) is 0 Å². The fourth-order valence-corrected chi connectivity index (χ4v) is 8.70. The average Bonchev–Trinajstić information content (AvgIpc) is 3.88. The van der Waals surface area contributed by atoms with Gasteiger partial charge in [0.2, 0.25) is 0 Å². The second-order valence-electron chi connectivity index (χ2n) is 14.0. The topological polar surface area (TPSA) is 62.4 Å². The summed E-state index contributed by atoms with van der Waals surface area (Å²) in [4.78, 5) is 0. The maximum atomic E-state index is 10.6. The van der Waals surface area contributed by atoms with Crippen LogP contribution in [0.2, 0.25) is 0 Å². The van der Waals surface area contributed by atoms with Crippen molar-refractivity contribution in [3.05, 3.63) is 187 Å². The van der Waals surface area contributed by atoms with Crippen molar-refractivity contribution < 1.29 is 0 Å². The van der Waals surface area contributed by atoms with E-state index in [4.69, 9.17) is 0 Å². The molecule has 11 rings (SSSR count). The smallest absolute Gasteiger partial charge is 0.101 e. The summed E-state index contributed by atoms with van der Waals surface area (Å²) < 4.78 is 6.82. The van der Waals surface area contributed by atoms with Gasteiger partial charge in [-0.1, -0.05) is 97.1 Å². The summed E-state index contributed by atoms with van der Waals surface area (Å²) in [5.41, 5.74) is 12.6. The average molecular weight is 700 g/mol. The molecular formula is C50H29N5. The van der Waals surface area contributed by atoms with E-state index in [2.05, 4.69) is 159 Å². The van der Waals surface area contributed by atoms with Crippen LogP contribution >= 0.6 is 0 Å². The minimum absolute atomic E-state index is 0.558. The summed E-state index contributed by atoms with van der Waals surface area (Å²) in [5, 5.41) is 27.3. The van der Waals surface area contributed by atoms with E-state index >= 15 is 0 Å². The van der Waals surface area contributed by atoms with E-state index in [1.54, 1.807) is 0 Å². The van der Waals surface area contributed by atoms with Gasteiger partial charge in [-0.25, -0.2) is 0 Å². The van der Waals surface area contributed by atoms with E-state index in [0.717, 1.165) is 61.0 Å². The largest absolute Gasteiger partial charge is 0.309 e. The van der Waals surface area contributed by atoms with E-state index in [0.29, 0.717) is 11.1 Å². The highest BCUT2D eigenvalue weighted by Gasteiger charge is 2.19. The fraction of sp³-hybridized carbons (Fsp3) is 0. The third-order valence-electron chi connectivity index (χ3n) is 11.1. The molecule has 0 aliphatic heterocycles. The molecule has 11 aromatic rings. The minimum Gasteiger partial charge on any atom is -0.309 e. The number of hydrogen-bond donors (Lipinski definition) is 0. The fourth-order valence-electron chi connectivity index (χ4n) is 8.70. The molecule has 8 aromatic carbocycles. The van der Waals surface area contributed by atoms with Crippen molar-refractivity contribution >= 4 is 65.4 Å². The molecule has 0 aliphatic rings. The van der Waals surface area contributed by atoms with Crippen LogP contribution < -0.4 is 0 Å². The lowest BCUT2D eigenvalue weighted by atomic mass is 10.0. The molecule has 0 bridgehead atoms. The van der Waals surface area contributed by atoms with Gasteiger partial charge in [0, 0.05) is 43.7 Å². The normalized spacial score (nSPS) is 11.6. The van der Waals surface area contributed by atoms with Crippen LogP contribution in [0.25, 0.3) is 93.6 Å². The Morgan fingerprint density at radius 1 is 0.327 bits per heavy atom. The number of rotatable bonds is 4. The molecule has 0 saturated carbocycles. The lowest BCUT2D eigenvalue weighted by Crippen LogP contribution is -1.99. The molecule has 0 atom stereocenters. The van der Waals surface area contributed by atoms with Crippen LogP contribution in [0.15, 0.2) is 176 Å². The quantitative estimate of drug-likeness (QED) is 0.184. The second-order valence-corrected chi connectivity index (χ2v) is 14.0. The Morgan fingerprint density at radius 3 is 1.47 bits per heavy atom. The Kier molecular flexibility index (Phi) is 6.61. The van der Waals surface area contributed by atoms with E-state index in [1.165, 1.54) is 32.6 Å².